The maximum atomic E-state index is 4.18. The van der Waals surface area contributed by atoms with Crippen LogP contribution < -0.4 is 0 Å². The second-order valence-corrected chi connectivity index (χ2v) is 5.25. The van der Waals surface area contributed by atoms with Crippen LogP contribution in [0, 0.1) is 0 Å². The molecule has 92 valence electrons. The van der Waals surface area contributed by atoms with Gasteiger partial charge in [-0.15, -0.1) is 0 Å². The molecule has 0 spiro atoms. The van der Waals surface area contributed by atoms with E-state index in [2.05, 4.69) is 69.4 Å². The first kappa shape index (κ1) is 12.1. The van der Waals surface area contributed by atoms with Crippen molar-refractivity contribution in [1.29, 1.82) is 0 Å². The summed E-state index contributed by atoms with van der Waals surface area (Å²) in [4.78, 5) is 4.18. The average molecular weight is 310 g/mol. The highest BCUT2D eigenvalue weighted by Crippen LogP contribution is 2.29. The van der Waals surface area contributed by atoms with E-state index in [1.807, 2.05) is 18.3 Å². The Morgan fingerprint density at radius 2 is 1.37 bits per heavy atom. The van der Waals surface area contributed by atoms with E-state index >= 15 is 0 Å². The molecule has 1 heterocycles. The van der Waals surface area contributed by atoms with Crippen LogP contribution in [0.4, 0.5) is 0 Å². The number of hydrogen-bond donors (Lipinski definition) is 0. The van der Waals surface area contributed by atoms with Crippen LogP contribution in [0.5, 0.6) is 0 Å². The van der Waals surface area contributed by atoms with Crippen LogP contribution in [0.1, 0.15) is 0 Å². The summed E-state index contributed by atoms with van der Waals surface area (Å²) in [5.41, 5.74) is 4.71. The van der Waals surface area contributed by atoms with Crippen LogP contribution in [0.3, 0.4) is 0 Å². The van der Waals surface area contributed by atoms with Crippen LogP contribution in [-0.4, -0.2) is 4.98 Å². The van der Waals surface area contributed by atoms with Gasteiger partial charge >= 0.3 is 0 Å². The minimum Gasteiger partial charge on any atom is -0.264 e. The Morgan fingerprint density at radius 1 is 0.684 bits per heavy atom. The lowest BCUT2D eigenvalue weighted by Gasteiger charge is -2.07. The summed E-state index contributed by atoms with van der Waals surface area (Å²) in [6, 6.07) is 20.9. The first-order chi connectivity index (χ1) is 9.33. The standard InChI is InChI=1S/C17H12BrN/c18-17-10-15(13-5-2-1-3-6-13)9-16(11-17)14-7-4-8-19-12-14/h1-12H. The fourth-order valence-electron chi connectivity index (χ4n) is 2.09. The first-order valence-electron chi connectivity index (χ1n) is 6.09. The molecule has 0 aliphatic carbocycles. The molecule has 19 heavy (non-hydrogen) atoms. The molecule has 0 amide bonds. The predicted octanol–water partition coefficient (Wildman–Crippen LogP) is 5.18. The zero-order valence-corrected chi connectivity index (χ0v) is 11.8. The van der Waals surface area contributed by atoms with Crippen molar-refractivity contribution in [2.45, 2.75) is 0 Å². The molecule has 0 bridgehead atoms. The van der Waals surface area contributed by atoms with Crippen molar-refractivity contribution < 1.29 is 0 Å². The van der Waals surface area contributed by atoms with E-state index in [1.165, 1.54) is 16.7 Å². The Kier molecular flexibility index (Phi) is 3.43. The Balaban J connectivity index is 2.12. The Bertz CT molecular complexity index is 620. The zero-order valence-electron chi connectivity index (χ0n) is 10.3. The average Bonchev–Trinajstić information content (AvgIpc) is 2.48. The van der Waals surface area contributed by atoms with Gasteiger partial charge in [0.15, 0.2) is 0 Å². The molecule has 3 aromatic rings. The van der Waals surface area contributed by atoms with Crippen molar-refractivity contribution in [2.24, 2.45) is 0 Å². The second kappa shape index (κ2) is 5.37. The number of rotatable bonds is 2. The fourth-order valence-corrected chi connectivity index (χ4v) is 2.58. The smallest absolute Gasteiger partial charge is 0.0346 e. The van der Waals surface area contributed by atoms with Crippen molar-refractivity contribution in [3.05, 3.63) is 77.5 Å². The summed E-state index contributed by atoms with van der Waals surface area (Å²) in [5.74, 6) is 0. The van der Waals surface area contributed by atoms with Gasteiger partial charge in [0, 0.05) is 22.4 Å². The maximum Gasteiger partial charge on any atom is 0.0346 e. The summed E-state index contributed by atoms with van der Waals surface area (Å²) in [6.45, 7) is 0. The van der Waals surface area contributed by atoms with Crippen molar-refractivity contribution in [2.75, 3.05) is 0 Å². The molecule has 0 fully saturated rings. The van der Waals surface area contributed by atoms with Gasteiger partial charge in [0.1, 0.15) is 0 Å². The quantitative estimate of drug-likeness (QED) is 0.635. The third kappa shape index (κ3) is 2.74. The Hall–Kier alpha value is -1.93. The van der Waals surface area contributed by atoms with E-state index in [0.29, 0.717) is 0 Å². The van der Waals surface area contributed by atoms with Crippen LogP contribution >= 0.6 is 15.9 Å². The summed E-state index contributed by atoms with van der Waals surface area (Å²) in [6.07, 6.45) is 3.68. The lowest BCUT2D eigenvalue weighted by Crippen LogP contribution is -1.83. The van der Waals surface area contributed by atoms with Crippen LogP contribution in [0.2, 0.25) is 0 Å². The largest absolute Gasteiger partial charge is 0.264 e. The van der Waals surface area contributed by atoms with Gasteiger partial charge in [-0.3, -0.25) is 4.98 Å². The normalized spacial score (nSPS) is 10.4. The lowest BCUT2D eigenvalue weighted by atomic mass is 10.0. The highest BCUT2D eigenvalue weighted by atomic mass is 79.9. The highest BCUT2D eigenvalue weighted by molar-refractivity contribution is 9.10. The Labute approximate surface area is 121 Å². The summed E-state index contributed by atoms with van der Waals surface area (Å²) in [5, 5.41) is 0. The molecule has 0 aliphatic rings. The van der Waals surface area contributed by atoms with E-state index in [-0.39, 0.29) is 0 Å². The molecule has 0 radical (unpaired) electrons. The molecular weight excluding hydrogens is 298 g/mol. The first-order valence-corrected chi connectivity index (χ1v) is 6.89. The van der Waals surface area contributed by atoms with Gasteiger partial charge in [-0.05, 0) is 41.0 Å². The number of aromatic nitrogens is 1. The van der Waals surface area contributed by atoms with Crippen molar-refractivity contribution >= 4 is 15.9 Å². The van der Waals surface area contributed by atoms with Gasteiger partial charge in [-0.25, -0.2) is 0 Å². The second-order valence-electron chi connectivity index (χ2n) is 4.34. The molecule has 3 rings (SSSR count). The van der Waals surface area contributed by atoms with E-state index in [4.69, 9.17) is 0 Å². The van der Waals surface area contributed by atoms with E-state index in [9.17, 15) is 0 Å². The minimum absolute atomic E-state index is 1.08. The fraction of sp³-hybridized carbons (Fsp3) is 0. The molecule has 2 aromatic carbocycles. The molecule has 0 saturated carbocycles. The minimum atomic E-state index is 1.08. The van der Waals surface area contributed by atoms with Gasteiger partial charge in [0.05, 0.1) is 0 Å². The number of benzene rings is 2. The third-order valence-electron chi connectivity index (χ3n) is 3.00. The SMILES string of the molecule is Brc1cc(-c2ccccc2)cc(-c2cccnc2)c1. The number of pyridine rings is 1. The van der Waals surface area contributed by atoms with E-state index in [0.717, 1.165) is 10.0 Å². The van der Waals surface area contributed by atoms with E-state index in [1.54, 1.807) is 6.20 Å². The molecule has 0 unspecified atom stereocenters. The van der Waals surface area contributed by atoms with Gasteiger partial charge < -0.3 is 0 Å². The zero-order chi connectivity index (χ0) is 13.1. The number of nitrogens with zero attached hydrogens (tertiary/aromatic N) is 1. The van der Waals surface area contributed by atoms with Gasteiger partial charge in [0.25, 0.3) is 0 Å². The molecule has 0 atom stereocenters. The highest BCUT2D eigenvalue weighted by Gasteiger charge is 2.03. The topological polar surface area (TPSA) is 12.9 Å². The van der Waals surface area contributed by atoms with Crippen molar-refractivity contribution in [3.63, 3.8) is 0 Å². The summed E-state index contributed by atoms with van der Waals surface area (Å²) < 4.78 is 1.08. The molecule has 0 saturated heterocycles. The lowest BCUT2D eigenvalue weighted by molar-refractivity contribution is 1.33. The summed E-state index contributed by atoms with van der Waals surface area (Å²) in [7, 11) is 0. The number of halogens is 1. The van der Waals surface area contributed by atoms with Crippen molar-refractivity contribution in [1.82, 2.24) is 4.98 Å². The monoisotopic (exact) mass is 309 g/mol. The Morgan fingerprint density at radius 3 is 2.05 bits per heavy atom. The summed E-state index contributed by atoms with van der Waals surface area (Å²) >= 11 is 3.59. The van der Waals surface area contributed by atoms with Gasteiger partial charge in [-0.1, -0.05) is 52.3 Å². The van der Waals surface area contributed by atoms with Gasteiger partial charge in [0.2, 0.25) is 0 Å². The van der Waals surface area contributed by atoms with Crippen LogP contribution in [-0.2, 0) is 0 Å². The molecule has 1 nitrogen and oxygen atoms in total. The van der Waals surface area contributed by atoms with E-state index < -0.39 is 0 Å². The van der Waals surface area contributed by atoms with Gasteiger partial charge in [-0.2, -0.15) is 0 Å². The molecule has 2 heteroatoms. The maximum absolute atomic E-state index is 4.18. The predicted molar refractivity (Wildman–Crippen MR) is 82.8 cm³/mol. The molecule has 0 aliphatic heterocycles. The molecular formula is C17H12BrN. The number of hydrogen-bond acceptors (Lipinski definition) is 1. The van der Waals surface area contributed by atoms with Crippen molar-refractivity contribution in [3.8, 4) is 22.3 Å². The third-order valence-corrected chi connectivity index (χ3v) is 3.46. The van der Waals surface area contributed by atoms with Crippen LogP contribution in [0.15, 0.2) is 77.5 Å². The van der Waals surface area contributed by atoms with Crippen LogP contribution in [0.25, 0.3) is 22.3 Å². The molecule has 0 N–H and O–H groups in total. The molecule has 1 aromatic heterocycles.